The molecule has 8 nitrogen and oxygen atoms in total. The Bertz CT molecular complexity index is 667. The van der Waals surface area contributed by atoms with Crippen molar-refractivity contribution in [3.05, 3.63) is 35.9 Å². The standard InChI is InChI=1S/C13H12N2O4.C6H14O2/c1-17-11-7-12(18-2)15-13(14-11)19-10-6-4-3-5-9(10)8-16;1-4-7-6(3)8-5-2/h3-8H,1-2H3;6H,4-5H2,1-3H3. The Morgan fingerprint density at radius 3 is 2.04 bits per heavy atom. The number of ether oxygens (including phenoxy) is 5. The Labute approximate surface area is 159 Å². The van der Waals surface area contributed by atoms with E-state index in [2.05, 4.69) is 9.97 Å². The summed E-state index contributed by atoms with van der Waals surface area (Å²) in [5.74, 6) is 0.990. The quantitative estimate of drug-likeness (QED) is 0.484. The van der Waals surface area contributed by atoms with Crippen molar-refractivity contribution in [2.45, 2.75) is 27.1 Å². The first-order chi connectivity index (χ1) is 13.1. The minimum atomic E-state index is -0.0370. The van der Waals surface area contributed by atoms with E-state index in [1.165, 1.54) is 20.3 Å². The van der Waals surface area contributed by atoms with Gasteiger partial charge in [0.05, 0.1) is 25.8 Å². The highest BCUT2D eigenvalue weighted by Gasteiger charge is 2.09. The second-order valence-electron chi connectivity index (χ2n) is 4.97. The normalized spacial score (nSPS) is 10.0. The minimum Gasteiger partial charge on any atom is -0.481 e. The molecule has 0 unspecified atom stereocenters. The van der Waals surface area contributed by atoms with Crippen LogP contribution in [0.25, 0.3) is 0 Å². The highest BCUT2D eigenvalue weighted by molar-refractivity contribution is 5.79. The zero-order valence-corrected chi connectivity index (χ0v) is 16.3. The number of carbonyl (C=O) groups is 1. The first-order valence-electron chi connectivity index (χ1n) is 8.50. The van der Waals surface area contributed by atoms with E-state index in [1.54, 1.807) is 24.3 Å². The van der Waals surface area contributed by atoms with Gasteiger partial charge < -0.3 is 23.7 Å². The lowest BCUT2D eigenvalue weighted by molar-refractivity contribution is -0.123. The molecular weight excluding hydrogens is 352 g/mol. The first-order valence-corrected chi connectivity index (χ1v) is 8.50. The van der Waals surface area contributed by atoms with Gasteiger partial charge in [0, 0.05) is 13.2 Å². The molecular formula is C19H26N2O6. The molecule has 2 rings (SSSR count). The van der Waals surface area contributed by atoms with Gasteiger partial charge in [0.15, 0.2) is 12.6 Å². The largest absolute Gasteiger partial charge is 0.481 e. The van der Waals surface area contributed by atoms with Crippen molar-refractivity contribution < 1.29 is 28.5 Å². The molecule has 2 aromatic rings. The van der Waals surface area contributed by atoms with Crippen LogP contribution in [0.4, 0.5) is 0 Å². The smallest absolute Gasteiger partial charge is 0.328 e. The Kier molecular flexibility index (Phi) is 10.4. The summed E-state index contributed by atoms with van der Waals surface area (Å²) in [6, 6.07) is 8.35. The molecule has 0 atom stereocenters. The van der Waals surface area contributed by atoms with E-state index in [0.29, 0.717) is 29.4 Å². The number of aldehydes is 1. The molecule has 0 aliphatic carbocycles. The van der Waals surface area contributed by atoms with E-state index in [0.717, 1.165) is 13.2 Å². The van der Waals surface area contributed by atoms with Gasteiger partial charge in [-0.25, -0.2) is 0 Å². The molecule has 27 heavy (non-hydrogen) atoms. The van der Waals surface area contributed by atoms with E-state index in [1.807, 2.05) is 20.8 Å². The van der Waals surface area contributed by atoms with Gasteiger partial charge in [0.2, 0.25) is 11.8 Å². The lowest BCUT2D eigenvalue weighted by atomic mass is 10.2. The second kappa shape index (κ2) is 12.6. The summed E-state index contributed by atoms with van der Waals surface area (Å²) in [5.41, 5.74) is 0.410. The average molecular weight is 378 g/mol. The number of benzene rings is 1. The fraction of sp³-hybridized carbons (Fsp3) is 0.421. The molecule has 1 heterocycles. The van der Waals surface area contributed by atoms with Gasteiger partial charge in [-0.1, -0.05) is 12.1 Å². The molecule has 0 aliphatic heterocycles. The van der Waals surface area contributed by atoms with Gasteiger partial charge >= 0.3 is 6.01 Å². The monoisotopic (exact) mass is 378 g/mol. The number of rotatable bonds is 9. The van der Waals surface area contributed by atoms with Crippen LogP contribution in [-0.4, -0.2) is 50.0 Å². The van der Waals surface area contributed by atoms with E-state index in [9.17, 15) is 4.79 Å². The number of aromatic nitrogens is 2. The summed E-state index contributed by atoms with van der Waals surface area (Å²) < 4.78 is 25.6. The van der Waals surface area contributed by atoms with Gasteiger partial charge in [0.25, 0.3) is 0 Å². The van der Waals surface area contributed by atoms with Crippen LogP contribution in [0.1, 0.15) is 31.1 Å². The molecule has 148 valence electrons. The molecule has 0 spiro atoms. The molecule has 0 saturated heterocycles. The van der Waals surface area contributed by atoms with Crippen molar-refractivity contribution in [2.75, 3.05) is 27.4 Å². The number of hydrogen-bond acceptors (Lipinski definition) is 8. The summed E-state index contributed by atoms with van der Waals surface area (Å²) in [5, 5.41) is 0. The Morgan fingerprint density at radius 2 is 1.56 bits per heavy atom. The van der Waals surface area contributed by atoms with Crippen molar-refractivity contribution in [1.29, 1.82) is 0 Å². The van der Waals surface area contributed by atoms with Gasteiger partial charge in [-0.05, 0) is 32.9 Å². The minimum absolute atomic E-state index is 0.0370. The van der Waals surface area contributed by atoms with E-state index in [4.69, 9.17) is 23.7 Å². The first kappa shape index (κ1) is 22.3. The van der Waals surface area contributed by atoms with E-state index >= 15 is 0 Å². The molecule has 0 bridgehead atoms. The lowest BCUT2D eigenvalue weighted by Gasteiger charge is -2.09. The van der Waals surface area contributed by atoms with Crippen LogP contribution in [-0.2, 0) is 9.47 Å². The van der Waals surface area contributed by atoms with Crippen LogP contribution in [0.5, 0.6) is 23.5 Å². The zero-order valence-electron chi connectivity index (χ0n) is 16.3. The van der Waals surface area contributed by atoms with Gasteiger partial charge in [0.1, 0.15) is 5.75 Å². The topological polar surface area (TPSA) is 89.0 Å². The number of methoxy groups -OCH3 is 2. The number of hydrogen-bond donors (Lipinski definition) is 0. The average Bonchev–Trinajstić information content (AvgIpc) is 2.69. The van der Waals surface area contributed by atoms with Gasteiger partial charge in [-0.2, -0.15) is 9.97 Å². The summed E-state index contributed by atoms with van der Waals surface area (Å²) in [6.45, 7) is 7.25. The van der Waals surface area contributed by atoms with E-state index < -0.39 is 0 Å². The van der Waals surface area contributed by atoms with Crippen LogP contribution in [0, 0.1) is 0 Å². The molecule has 0 fully saturated rings. The van der Waals surface area contributed by atoms with Crippen LogP contribution >= 0.6 is 0 Å². The molecule has 0 aliphatic rings. The predicted octanol–water partition coefficient (Wildman–Crippen LogP) is 3.50. The maximum absolute atomic E-state index is 10.9. The number of carbonyl (C=O) groups excluding carboxylic acids is 1. The Morgan fingerprint density at radius 1 is 1.00 bits per heavy atom. The van der Waals surface area contributed by atoms with Gasteiger partial charge in [-0.15, -0.1) is 0 Å². The van der Waals surface area contributed by atoms with E-state index in [-0.39, 0.29) is 12.3 Å². The predicted molar refractivity (Wildman–Crippen MR) is 99.8 cm³/mol. The summed E-state index contributed by atoms with van der Waals surface area (Å²) in [7, 11) is 2.95. The Balaban J connectivity index is 0.000000387. The summed E-state index contributed by atoms with van der Waals surface area (Å²) in [6.07, 6.45) is 0.664. The summed E-state index contributed by atoms with van der Waals surface area (Å²) >= 11 is 0. The third-order valence-corrected chi connectivity index (χ3v) is 3.13. The van der Waals surface area contributed by atoms with Crippen molar-refractivity contribution in [2.24, 2.45) is 0 Å². The van der Waals surface area contributed by atoms with Crippen LogP contribution in [0.2, 0.25) is 0 Å². The van der Waals surface area contributed by atoms with Crippen LogP contribution < -0.4 is 14.2 Å². The van der Waals surface area contributed by atoms with Crippen molar-refractivity contribution in [3.63, 3.8) is 0 Å². The molecule has 0 amide bonds. The maximum Gasteiger partial charge on any atom is 0.328 e. The molecule has 1 aromatic carbocycles. The lowest BCUT2D eigenvalue weighted by Crippen LogP contribution is -2.11. The molecule has 0 radical (unpaired) electrons. The third kappa shape index (κ3) is 8.02. The van der Waals surface area contributed by atoms with Gasteiger partial charge in [-0.3, -0.25) is 4.79 Å². The maximum atomic E-state index is 10.9. The fourth-order valence-corrected chi connectivity index (χ4v) is 1.93. The third-order valence-electron chi connectivity index (χ3n) is 3.13. The fourth-order valence-electron chi connectivity index (χ4n) is 1.93. The summed E-state index contributed by atoms with van der Waals surface area (Å²) in [4.78, 5) is 18.9. The second-order valence-corrected chi connectivity index (χ2v) is 4.97. The zero-order chi connectivity index (χ0) is 20.1. The Hall–Kier alpha value is -2.71. The molecule has 0 N–H and O–H groups in total. The van der Waals surface area contributed by atoms with Crippen molar-refractivity contribution >= 4 is 6.29 Å². The van der Waals surface area contributed by atoms with Crippen LogP contribution in [0.15, 0.2) is 30.3 Å². The number of nitrogens with zero attached hydrogens (tertiary/aromatic N) is 2. The molecule has 0 saturated carbocycles. The molecule has 1 aromatic heterocycles. The highest BCUT2D eigenvalue weighted by atomic mass is 16.7. The molecule has 8 heteroatoms. The van der Waals surface area contributed by atoms with Crippen molar-refractivity contribution in [1.82, 2.24) is 9.97 Å². The SMILES string of the molecule is CCOC(C)OCC.COc1cc(OC)nc(Oc2ccccc2C=O)n1. The number of para-hydroxylation sites is 1. The van der Waals surface area contributed by atoms with Crippen LogP contribution in [0.3, 0.4) is 0 Å². The van der Waals surface area contributed by atoms with Crippen molar-refractivity contribution in [3.8, 4) is 23.5 Å². The highest BCUT2D eigenvalue weighted by Crippen LogP contribution is 2.25.